The van der Waals surface area contributed by atoms with E-state index in [0.717, 1.165) is 9.99 Å². The highest BCUT2D eigenvalue weighted by atomic mass is 32.2. The van der Waals surface area contributed by atoms with Crippen LogP contribution in [0.25, 0.3) is 0 Å². The number of nitriles is 1. The molecule has 1 saturated heterocycles. The van der Waals surface area contributed by atoms with Crippen LogP contribution in [0.3, 0.4) is 0 Å². The lowest BCUT2D eigenvalue weighted by Gasteiger charge is -2.46. The van der Waals surface area contributed by atoms with Crippen LogP contribution in [0.1, 0.15) is 23.6 Å². The lowest BCUT2D eigenvalue weighted by molar-refractivity contribution is -0.127. The smallest absolute Gasteiger partial charge is 0.288 e. The quantitative estimate of drug-likeness (QED) is 0.292. The second-order valence-corrected chi connectivity index (χ2v) is 12.0. The van der Waals surface area contributed by atoms with Crippen LogP contribution in [-0.2, 0) is 20.4 Å². The first kappa shape index (κ1) is 29.1. The second-order valence-electron chi connectivity index (χ2n) is 10.3. The summed E-state index contributed by atoms with van der Waals surface area (Å²) in [4.78, 5) is 27.6. The Balaban J connectivity index is 1.56. The number of hydrogen-bond donors (Lipinski definition) is 0. The van der Waals surface area contributed by atoms with E-state index in [4.69, 9.17) is 9.47 Å². The largest absolute Gasteiger partial charge is 0.495 e. The molecule has 4 aromatic rings. The molecule has 0 bridgehead atoms. The van der Waals surface area contributed by atoms with Gasteiger partial charge in [-0.05, 0) is 55.5 Å². The van der Waals surface area contributed by atoms with Crippen molar-refractivity contribution >= 4 is 27.3 Å². The average molecular weight is 611 g/mol. The lowest BCUT2D eigenvalue weighted by atomic mass is 9.80. The summed E-state index contributed by atoms with van der Waals surface area (Å²) < 4.78 is 40.6. The van der Waals surface area contributed by atoms with Gasteiger partial charge in [0.1, 0.15) is 11.5 Å². The van der Waals surface area contributed by atoms with Crippen LogP contribution < -0.4 is 18.7 Å². The number of para-hydroxylation sites is 1. The van der Waals surface area contributed by atoms with Crippen molar-refractivity contribution in [3.05, 3.63) is 102 Å². The highest BCUT2D eigenvalue weighted by Crippen LogP contribution is 2.53. The van der Waals surface area contributed by atoms with Crippen LogP contribution in [-0.4, -0.2) is 69.1 Å². The van der Waals surface area contributed by atoms with E-state index in [9.17, 15) is 13.7 Å². The van der Waals surface area contributed by atoms with Crippen LogP contribution in [0.15, 0.2) is 90.3 Å². The van der Waals surface area contributed by atoms with Gasteiger partial charge < -0.3 is 14.4 Å². The first-order chi connectivity index (χ1) is 21.4. The van der Waals surface area contributed by atoms with Gasteiger partial charge in [0, 0.05) is 55.4 Å². The molecule has 1 fully saturated rings. The van der Waals surface area contributed by atoms with Gasteiger partial charge in [-0.2, -0.15) is 18.0 Å². The molecule has 6 rings (SSSR count). The molecule has 0 radical (unpaired) electrons. The number of ether oxygens (including phenoxy) is 2. The van der Waals surface area contributed by atoms with Crippen molar-refractivity contribution in [3.63, 3.8) is 0 Å². The van der Waals surface area contributed by atoms with Crippen molar-refractivity contribution in [2.24, 2.45) is 0 Å². The number of aromatic nitrogens is 2. The first-order valence-corrected chi connectivity index (χ1v) is 15.6. The third-order valence-electron chi connectivity index (χ3n) is 8.04. The Bertz CT molecular complexity index is 1840. The van der Waals surface area contributed by atoms with Gasteiger partial charge in [-0.15, -0.1) is 0 Å². The van der Waals surface area contributed by atoms with Crippen LogP contribution in [0.5, 0.6) is 11.5 Å². The summed E-state index contributed by atoms with van der Waals surface area (Å²) in [5.41, 5.74) is 0.742. The molecule has 11 nitrogen and oxygen atoms in total. The molecule has 1 amide bonds. The summed E-state index contributed by atoms with van der Waals surface area (Å²) in [5.74, 6) is 0.141. The normalized spacial score (nSPS) is 18.5. The number of anilines is 2. The number of nitrogens with zero attached hydrogens (tertiary/aromatic N) is 6. The average Bonchev–Trinajstić information content (AvgIpc) is 3.34. The van der Waals surface area contributed by atoms with Gasteiger partial charge in [-0.25, -0.2) is 4.98 Å². The maximum absolute atomic E-state index is 15.1. The number of piperazine rings is 1. The Morgan fingerprint density at radius 1 is 0.977 bits per heavy atom. The van der Waals surface area contributed by atoms with Crippen LogP contribution in [0.2, 0.25) is 0 Å². The number of benzene rings is 2. The Hall–Kier alpha value is -4.99. The van der Waals surface area contributed by atoms with Crippen LogP contribution >= 0.6 is 0 Å². The van der Waals surface area contributed by atoms with Crippen molar-refractivity contribution in [1.29, 1.82) is 5.26 Å². The molecular formula is C32H30N6O5S. The molecule has 1 atom stereocenters. The summed E-state index contributed by atoms with van der Waals surface area (Å²) >= 11 is 0. The zero-order chi connectivity index (χ0) is 30.9. The van der Waals surface area contributed by atoms with Gasteiger partial charge in [0.2, 0.25) is 0 Å². The Morgan fingerprint density at radius 3 is 2.39 bits per heavy atom. The van der Waals surface area contributed by atoms with E-state index in [0.29, 0.717) is 61.0 Å². The summed E-state index contributed by atoms with van der Waals surface area (Å²) in [6.07, 6.45) is 4.76. The third kappa shape index (κ3) is 4.61. The first-order valence-electron chi connectivity index (χ1n) is 14.1. The van der Waals surface area contributed by atoms with E-state index in [1.165, 1.54) is 37.6 Å². The fraction of sp³-hybridized carbons (Fsp3) is 0.250. The number of hydrogen-bond acceptors (Lipinski definition) is 10. The predicted molar refractivity (Wildman–Crippen MR) is 163 cm³/mol. The Labute approximate surface area is 256 Å². The highest BCUT2D eigenvalue weighted by Gasteiger charge is 2.60. The molecular weight excluding hydrogens is 580 g/mol. The van der Waals surface area contributed by atoms with E-state index in [1.807, 2.05) is 30.0 Å². The number of carbonyl (C=O) groups is 1. The maximum atomic E-state index is 15.1. The molecule has 2 aromatic carbocycles. The molecule has 0 saturated carbocycles. The molecule has 0 N–H and O–H groups in total. The number of fused-ring (bicyclic) bond motifs is 1. The summed E-state index contributed by atoms with van der Waals surface area (Å²) in [6, 6.07) is 20.6. The number of rotatable bonds is 8. The van der Waals surface area contributed by atoms with E-state index >= 15 is 4.79 Å². The van der Waals surface area contributed by atoms with Crippen molar-refractivity contribution in [1.82, 2.24) is 14.9 Å². The van der Waals surface area contributed by atoms with Crippen molar-refractivity contribution < 1.29 is 22.7 Å². The standard InChI is InChI=1S/C32H30N6O5S/c1-3-43-29-7-5-4-6-26(29)32(37-18-16-36(17-19-37)24-12-14-34-15-13-24)27-20-23(21-33)8-10-28(27)38(31(32)39)44(40,41)30-11-9-25(42-2)22-35-30/h4-15,20,22H,3,16-19H2,1-2H3. The minimum absolute atomic E-state index is 0.162. The summed E-state index contributed by atoms with van der Waals surface area (Å²) in [7, 11) is -3.04. The molecule has 0 spiro atoms. The van der Waals surface area contributed by atoms with Gasteiger partial charge >= 0.3 is 0 Å². The number of methoxy groups -OCH3 is 1. The van der Waals surface area contributed by atoms with E-state index in [-0.39, 0.29) is 10.7 Å². The maximum Gasteiger partial charge on any atom is 0.288 e. The Morgan fingerprint density at radius 2 is 1.73 bits per heavy atom. The minimum atomic E-state index is -4.49. The third-order valence-corrected chi connectivity index (χ3v) is 9.65. The molecule has 224 valence electrons. The zero-order valence-corrected chi connectivity index (χ0v) is 25.1. The molecule has 2 aliphatic heterocycles. The van der Waals surface area contributed by atoms with E-state index < -0.39 is 21.5 Å². The van der Waals surface area contributed by atoms with E-state index in [2.05, 4.69) is 20.9 Å². The van der Waals surface area contributed by atoms with Crippen LogP contribution in [0.4, 0.5) is 11.4 Å². The highest BCUT2D eigenvalue weighted by molar-refractivity contribution is 7.93. The fourth-order valence-corrected chi connectivity index (χ4v) is 7.44. The number of amides is 1. The topological polar surface area (TPSA) is 129 Å². The molecule has 12 heteroatoms. The summed E-state index contributed by atoms with van der Waals surface area (Å²) in [6.45, 7) is 4.14. The van der Waals surface area contributed by atoms with Crippen molar-refractivity contribution in [2.75, 3.05) is 49.1 Å². The summed E-state index contributed by atoms with van der Waals surface area (Å²) in [5, 5.41) is 9.59. The minimum Gasteiger partial charge on any atom is -0.495 e. The van der Waals surface area contributed by atoms with Gasteiger partial charge in [-0.3, -0.25) is 14.7 Å². The zero-order valence-electron chi connectivity index (χ0n) is 24.3. The Kier molecular flexibility index (Phi) is 7.67. The van der Waals surface area contributed by atoms with Gasteiger partial charge in [0.05, 0.1) is 37.2 Å². The van der Waals surface area contributed by atoms with Gasteiger partial charge in [-0.1, -0.05) is 18.2 Å². The number of sulfonamides is 1. The number of carbonyl (C=O) groups excluding carboxylic acids is 1. The molecule has 1 unspecified atom stereocenters. The van der Waals surface area contributed by atoms with Crippen molar-refractivity contribution in [3.8, 4) is 17.6 Å². The molecule has 2 aromatic heterocycles. The van der Waals surface area contributed by atoms with Crippen molar-refractivity contribution in [2.45, 2.75) is 17.5 Å². The molecule has 44 heavy (non-hydrogen) atoms. The van der Waals surface area contributed by atoms with Crippen LogP contribution in [0, 0.1) is 11.3 Å². The molecule has 0 aliphatic carbocycles. The van der Waals surface area contributed by atoms with Gasteiger partial charge in [0.25, 0.3) is 15.9 Å². The monoisotopic (exact) mass is 610 g/mol. The fourth-order valence-electron chi connectivity index (χ4n) is 6.05. The number of pyridine rings is 2. The van der Waals surface area contributed by atoms with E-state index in [1.54, 1.807) is 36.7 Å². The SMILES string of the molecule is CCOc1ccccc1C1(N2CCN(c3ccncc3)CC2)C(=O)N(S(=O)(=O)c2ccc(OC)cn2)c2ccc(C#N)cc21. The molecule has 4 heterocycles. The van der Waals surface area contributed by atoms with Gasteiger partial charge in [0.15, 0.2) is 10.6 Å². The lowest BCUT2D eigenvalue weighted by Crippen LogP contribution is -2.60. The second kappa shape index (κ2) is 11.6. The predicted octanol–water partition coefficient (Wildman–Crippen LogP) is 3.56. The molecule has 2 aliphatic rings.